The second-order valence-electron chi connectivity index (χ2n) is 5.11. The fraction of sp³-hybridized carbons (Fsp3) is 0.267. The predicted molar refractivity (Wildman–Crippen MR) is 76.7 cm³/mol. The Morgan fingerprint density at radius 1 is 1.06 bits per heavy atom. The highest BCUT2D eigenvalue weighted by Crippen LogP contribution is 2.24. The molecule has 0 N–H and O–H groups in total. The summed E-state index contributed by atoms with van der Waals surface area (Å²) in [5.74, 6) is 0. The third-order valence-corrected chi connectivity index (χ3v) is 3.34. The third-order valence-electron chi connectivity index (χ3n) is 2.64. The summed E-state index contributed by atoms with van der Waals surface area (Å²) in [5.41, 5.74) is 3.71. The van der Waals surface area contributed by atoms with Crippen LogP contribution in [0, 0.1) is 0 Å². The largest absolute Gasteiger partial charge is 0.256 e. The Bertz CT molecular complexity index is 487. The molecule has 0 saturated carbocycles. The van der Waals surface area contributed by atoms with Gasteiger partial charge in [0, 0.05) is 11.8 Å². The molecule has 0 saturated heterocycles. The highest BCUT2D eigenvalue weighted by atomic mass is 32.1. The highest BCUT2D eigenvalue weighted by molar-refractivity contribution is 7.08. The van der Waals surface area contributed by atoms with Crippen LogP contribution in [0.2, 0.25) is 0 Å². The first kappa shape index (κ1) is 12.1. The molecule has 1 nitrogen and oxygen atoms in total. The fourth-order valence-electron chi connectivity index (χ4n) is 1.55. The summed E-state index contributed by atoms with van der Waals surface area (Å²) in [4.78, 5) is 4.45. The maximum absolute atomic E-state index is 4.45. The van der Waals surface area contributed by atoms with Crippen LogP contribution in [0.3, 0.4) is 0 Å². The second kappa shape index (κ2) is 4.84. The van der Waals surface area contributed by atoms with E-state index in [0.29, 0.717) is 0 Å². The lowest BCUT2D eigenvalue weighted by Crippen LogP contribution is -2.10. The first-order valence-corrected chi connectivity index (χ1v) is 6.67. The van der Waals surface area contributed by atoms with Gasteiger partial charge in [0.1, 0.15) is 0 Å². The Morgan fingerprint density at radius 2 is 1.76 bits per heavy atom. The second-order valence-corrected chi connectivity index (χ2v) is 5.89. The molecular formula is C15H17NS. The number of hydrogen-bond acceptors (Lipinski definition) is 2. The zero-order chi connectivity index (χ0) is 12.3. The highest BCUT2D eigenvalue weighted by Gasteiger charge is 2.12. The molecule has 1 aromatic carbocycles. The van der Waals surface area contributed by atoms with Gasteiger partial charge in [-0.15, -0.1) is 0 Å². The van der Waals surface area contributed by atoms with Crippen molar-refractivity contribution >= 4 is 23.2 Å². The van der Waals surface area contributed by atoms with Crippen LogP contribution in [0.4, 0.5) is 5.69 Å². The molecule has 1 heterocycles. The van der Waals surface area contributed by atoms with Gasteiger partial charge in [0.2, 0.25) is 0 Å². The van der Waals surface area contributed by atoms with E-state index in [0.717, 1.165) is 11.3 Å². The van der Waals surface area contributed by atoms with Crippen molar-refractivity contribution in [2.45, 2.75) is 26.2 Å². The molecule has 0 radical (unpaired) electrons. The Hall–Kier alpha value is -1.41. The Balaban J connectivity index is 2.14. The van der Waals surface area contributed by atoms with Crippen molar-refractivity contribution in [3.63, 3.8) is 0 Å². The molecule has 0 fully saturated rings. The Morgan fingerprint density at radius 3 is 2.29 bits per heavy atom. The maximum atomic E-state index is 4.45. The van der Waals surface area contributed by atoms with E-state index in [1.807, 2.05) is 6.21 Å². The fourth-order valence-corrected chi connectivity index (χ4v) is 2.16. The molecule has 2 rings (SSSR count). The van der Waals surface area contributed by atoms with E-state index in [1.54, 1.807) is 11.3 Å². The molecule has 0 amide bonds. The molecule has 0 bridgehead atoms. The Kier molecular flexibility index (Phi) is 3.43. The van der Waals surface area contributed by atoms with E-state index in [-0.39, 0.29) is 5.41 Å². The van der Waals surface area contributed by atoms with Gasteiger partial charge >= 0.3 is 0 Å². The number of thiophene rings is 1. The molecule has 2 heteroatoms. The van der Waals surface area contributed by atoms with Crippen molar-refractivity contribution < 1.29 is 0 Å². The molecule has 0 spiro atoms. The van der Waals surface area contributed by atoms with Gasteiger partial charge in [-0.3, -0.25) is 4.99 Å². The lowest BCUT2D eigenvalue weighted by atomic mass is 9.87. The zero-order valence-electron chi connectivity index (χ0n) is 10.5. The zero-order valence-corrected chi connectivity index (χ0v) is 11.3. The van der Waals surface area contributed by atoms with Crippen LogP contribution in [0.5, 0.6) is 0 Å². The maximum Gasteiger partial charge on any atom is 0.0630 e. The smallest absolute Gasteiger partial charge is 0.0630 e. The third kappa shape index (κ3) is 3.27. The first-order chi connectivity index (χ1) is 8.05. The first-order valence-electron chi connectivity index (χ1n) is 5.72. The molecule has 17 heavy (non-hydrogen) atoms. The SMILES string of the molecule is CC(C)(C)c1ccc(N=Cc2ccsc2)cc1. The standard InChI is InChI=1S/C15H17NS/c1-15(2,3)13-4-6-14(7-5-13)16-10-12-8-9-17-11-12/h4-11H,1-3H3. The van der Waals surface area contributed by atoms with Crippen LogP contribution < -0.4 is 0 Å². The normalized spacial score (nSPS) is 12.2. The summed E-state index contributed by atoms with van der Waals surface area (Å²) >= 11 is 1.69. The van der Waals surface area contributed by atoms with Crippen molar-refractivity contribution in [1.29, 1.82) is 0 Å². The number of hydrogen-bond donors (Lipinski definition) is 0. The van der Waals surface area contributed by atoms with E-state index >= 15 is 0 Å². The van der Waals surface area contributed by atoms with Crippen molar-refractivity contribution in [3.05, 3.63) is 52.2 Å². The van der Waals surface area contributed by atoms with Crippen LogP contribution >= 0.6 is 11.3 Å². The molecule has 0 aliphatic carbocycles. The molecule has 2 aromatic rings. The monoisotopic (exact) mass is 243 g/mol. The minimum absolute atomic E-state index is 0.204. The summed E-state index contributed by atoms with van der Waals surface area (Å²) in [6, 6.07) is 10.5. The average molecular weight is 243 g/mol. The molecule has 0 aliphatic rings. The van der Waals surface area contributed by atoms with E-state index in [2.05, 4.69) is 66.9 Å². The summed E-state index contributed by atoms with van der Waals surface area (Å²) in [6.07, 6.45) is 1.91. The number of benzene rings is 1. The van der Waals surface area contributed by atoms with E-state index in [4.69, 9.17) is 0 Å². The molecule has 0 unspecified atom stereocenters. The van der Waals surface area contributed by atoms with Crippen LogP contribution in [0.1, 0.15) is 31.9 Å². The molecule has 1 aromatic heterocycles. The predicted octanol–water partition coefficient (Wildman–Crippen LogP) is 4.80. The quantitative estimate of drug-likeness (QED) is 0.672. The number of aliphatic imine (C=N–C) groups is 1. The molecular weight excluding hydrogens is 226 g/mol. The van der Waals surface area contributed by atoms with Crippen molar-refractivity contribution in [2.75, 3.05) is 0 Å². The van der Waals surface area contributed by atoms with Gasteiger partial charge in [-0.05, 0) is 39.9 Å². The minimum Gasteiger partial charge on any atom is -0.256 e. The minimum atomic E-state index is 0.204. The van der Waals surface area contributed by atoms with Crippen molar-refractivity contribution in [2.24, 2.45) is 4.99 Å². The van der Waals surface area contributed by atoms with Crippen molar-refractivity contribution in [1.82, 2.24) is 0 Å². The van der Waals surface area contributed by atoms with Gasteiger partial charge in [0.15, 0.2) is 0 Å². The van der Waals surface area contributed by atoms with Gasteiger partial charge in [0.05, 0.1) is 5.69 Å². The lowest BCUT2D eigenvalue weighted by molar-refractivity contribution is 0.590. The van der Waals surface area contributed by atoms with Gasteiger partial charge in [-0.2, -0.15) is 11.3 Å². The summed E-state index contributed by atoms with van der Waals surface area (Å²) in [5, 5.41) is 4.15. The van der Waals surface area contributed by atoms with Crippen molar-refractivity contribution in [3.8, 4) is 0 Å². The lowest BCUT2D eigenvalue weighted by Gasteiger charge is -2.18. The average Bonchev–Trinajstić information content (AvgIpc) is 2.78. The topological polar surface area (TPSA) is 12.4 Å². The number of rotatable bonds is 2. The summed E-state index contributed by atoms with van der Waals surface area (Å²) < 4.78 is 0. The molecule has 0 atom stereocenters. The van der Waals surface area contributed by atoms with Crippen LogP contribution in [-0.2, 0) is 5.41 Å². The number of nitrogens with zero attached hydrogens (tertiary/aromatic N) is 1. The van der Waals surface area contributed by atoms with Gasteiger partial charge in [-0.25, -0.2) is 0 Å². The molecule has 0 aliphatic heterocycles. The van der Waals surface area contributed by atoms with Crippen LogP contribution in [0.25, 0.3) is 0 Å². The molecule has 88 valence electrons. The van der Waals surface area contributed by atoms with Crippen LogP contribution in [-0.4, -0.2) is 6.21 Å². The van der Waals surface area contributed by atoms with E-state index < -0.39 is 0 Å². The van der Waals surface area contributed by atoms with Gasteiger partial charge in [-0.1, -0.05) is 32.9 Å². The Labute approximate surface area is 107 Å². The summed E-state index contributed by atoms with van der Waals surface area (Å²) in [6.45, 7) is 6.66. The van der Waals surface area contributed by atoms with Gasteiger partial charge < -0.3 is 0 Å². The van der Waals surface area contributed by atoms with E-state index in [9.17, 15) is 0 Å². The van der Waals surface area contributed by atoms with Gasteiger partial charge in [0.25, 0.3) is 0 Å². The summed E-state index contributed by atoms with van der Waals surface area (Å²) in [7, 11) is 0. The van der Waals surface area contributed by atoms with E-state index in [1.165, 1.54) is 5.56 Å². The van der Waals surface area contributed by atoms with Crippen LogP contribution in [0.15, 0.2) is 46.1 Å².